The maximum atomic E-state index is 13.6. The maximum Gasteiger partial charge on any atom is 0.270 e. The molecule has 0 fully saturated rings. The Kier molecular flexibility index (Phi) is 13.0. The molecule has 8 N–H and O–H groups in total. The first kappa shape index (κ1) is 35.1. The molecule has 4 atom stereocenters. The van der Waals surface area contributed by atoms with Gasteiger partial charge in [0.25, 0.3) is 11.8 Å². The number of hydrazine groups is 1. The Bertz CT molecular complexity index is 1450. The molecule has 2 aromatic carbocycles. The molecule has 0 saturated carbocycles. The molecule has 3 aromatic rings. The van der Waals surface area contributed by atoms with Crippen molar-refractivity contribution in [2.45, 2.75) is 64.8 Å². The molecule has 12 nitrogen and oxygen atoms in total. The largest absolute Gasteiger partial charge is 0.390 e. The van der Waals surface area contributed by atoms with Gasteiger partial charge in [-0.2, -0.15) is 0 Å². The number of aliphatic hydroxyl groups is 1. The van der Waals surface area contributed by atoms with E-state index in [9.17, 15) is 24.3 Å². The van der Waals surface area contributed by atoms with Crippen molar-refractivity contribution in [2.24, 2.45) is 23.3 Å². The Morgan fingerprint density at radius 1 is 0.867 bits per heavy atom. The van der Waals surface area contributed by atoms with E-state index in [2.05, 4.69) is 21.0 Å². The van der Waals surface area contributed by atoms with E-state index in [1.807, 2.05) is 70.2 Å². The average Bonchev–Trinajstić information content (AvgIpc) is 2.99. The van der Waals surface area contributed by atoms with Gasteiger partial charge in [0.05, 0.1) is 30.1 Å². The predicted octanol–water partition coefficient (Wildman–Crippen LogP) is 1.27. The highest BCUT2D eigenvalue weighted by atomic mass is 16.3. The van der Waals surface area contributed by atoms with E-state index in [1.54, 1.807) is 23.2 Å². The molecule has 45 heavy (non-hydrogen) atoms. The van der Waals surface area contributed by atoms with Gasteiger partial charge in [-0.25, -0.2) is 9.99 Å². The van der Waals surface area contributed by atoms with Gasteiger partial charge < -0.3 is 27.2 Å². The molecule has 12 heteroatoms. The highest BCUT2D eigenvalue weighted by Gasteiger charge is 2.31. The smallest absolute Gasteiger partial charge is 0.270 e. The Morgan fingerprint density at radius 3 is 2.18 bits per heavy atom. The third kappa shape index (κ3) is 10.9. The molecule has 3 rings (SSSR count). The average molecular weight is 620 g/mol. The van der Waals surface area contributed by atoms with Crippen molar-refractivity contribution in [2.75, 3.05) is 13.1 Å². The minimum absolute atomic E-state index is 0.0274. The predicted molar refractivity (Wildman–Crippen MR) is 172 cm³/mol. The van der Waals surface area contributed by atoms with Gasteiger partial charge in [0.2, 0.25) is 11.8 Å². The number of nitrogens with one attached hydrogen (secondary N) is 3. The minimum Gasteiger partial charge on any atom is -0.390 e. The third-order valence-electron chi connectivity index (χ3n) is 7.23. The van der Waals surface area contributed by atoms with Gasteiger partial charge in [-0.15, -0.1) is 0 Å². The van der Waals surface area contributed by atoms with Crippen molar-refractivity contribution in [3.63, 3.8) is 0 Å². The van der Waals surface area contributed by atoms with Gasteiger partial charge in [0, 0.05) is 18.5 Å². The molecule has 1 heterocycles. The number of nitrogens with two attached hydrogens (primary N) is 2. The highest BCUT2D eigenvalue weighted by Crippen LogP contribution is 2.13. The fraction of sp³-hybridized carbons (Fsp3) is 0.424. The molecule has 0 radical (unpaired) electrons. The lowest BCUT2D eigenvalue weighted by molar-refractivity contribution is -0.130. The zero-order chi connectivity index (χ0) is 33.1. The summed E-state index contributed by atoms with van der Waals surface area (Å²) in [6, 6.07) is 16.8. The number of benzene rings is 2. The molecule has 1 aromatic heterocycles. The van der Waals surface area contributed by atoms with Crippen LogP contribution in [0.5, 0.6) is 0 Å². The number of aliphatic hydroxyl groups excluding tert-OH is 1. The quantitative estimate of drug-likeness (QED) is 0.129. The molecule has 0 unspecified atom stereocenters. The third-order valence-corrected chi connectivity index (χ3v) is 7.23. The number of carbonyl (C=O) groups excluding carboxylic acids is 4. The van der Waals surface area contributed by atoms with Crippen LogP contribution in [0.15, 0.2) is 66.7 Å². The Hall–Kier alpha value is -4.39. The number of carbonyl (C=O) groups is 4. The summed E-state index contributed by atoms with van der Waals surface area (Å²) < 4.78 is 0. The standard InChI is InChI=1S/C33H45N7O5/c1-20(2)18-40(39-33(45)30(35)21(3)4)19-28(41)26(16-22-10-6-5-7-11-22)37-32(44)27(17-29(34)42)38-31(43)25-15-14-23-12-8-9-13-24(23)36-25/h5-15,20-21,26-28,30,41H,16-19,35H2,1-4H3,(H2,34,42)(H,37,44)(H,38,43)(H,39,45)/t26-,27-,28-,30-/m0/s1. The molecule has 0 aliphatic rings. The van der Waals surface area contributed by atoms with Gasteiger partial charge in [0.15, 0.2) is 0 Å². The van der Waals surface area contributed by atoms with Gasteiger partial charge in [-0.3, -0.25) is 24.6 Å². The zero-order valence-corrected chi connectivity index (χ0v) is 26.3. The van der Waals surface area contributed by atoms with Gasteiger partial charge in [-0.05, 0) is 36.0 Å². The van der Waals surface area contributed by atoms with Crippen LogP contribution in [-0.2, 0) is 20.8 Å². The maximum absolute atomic E-state index is 13.6. The van der Waals surface area contributed by atoms with Crippen molar-refractivity contribution >= 4 is 34.5 Å². The van der Waals surface area contributed by atoms with Crippen molar-refractivity contribution in [1.82, 2.24) is 26.1 Å². The first-order valence-corrected chi connectivity index (χ1v) is 15.1. The van der Waals surface area contributed by atoms with E-state index in [1.165, 1.54) is 6.07 Å². The summed E-state index contributed by atoms with van der Waals surface area (Å²) in [5.41, 5.74) is 15.8. The van der Waals surface area contributed by atoms with E-state index in [-0.39, 0.29) is 36.4 Å². The minimum atomic E-state index is -1.33. The number of hydrogen-bond donors (Lipinski definition) is 6. The van der Waals surface area contributed by atoms with Crippen LogP contribution in [0.4, 0.5) is 0 Å². The molecule has 0 saturated heterocycles. The molecule has 4 amide bonds. The fourth-order valence-corrected chi connectivity index (χ4v) is 4.76. The summed E-state index contributed by atoms with van der Waals surface area (Å²) in [4.78, 5) is 55.8. The van der Waals surface area contributed by atoms with Crippen LogP contribution >= 0.6 is 0 Å². The second-order valence-electron chi connectivity index (χ2n) is 12.0. The van der Waals surface area contributed by atoms with E-state index in [0.29, 0.717) is 12.1 Å². The molecular weight excluding hydrogens is 574 g/mol. The number of aromatic nitrogens is 1. The van der Waals surface area contributed by atoms with Crippen molar-refractivity contribution in [1.29, 1.82) is 0 Å². The number of rotatable bonds is 16. The Morgan fingerprint density at radius 2 is 1.53 bits per heavy atom. The first-order chi connectivity index (χ1) is 21.3. The lowest BCUT2D eigenvalue weighted by Gasteiger charge is -2.33. The van der Waals surface area contributed by atoms with Crippen LogP contribution in [-0.4, -0.2) is 76.0 Å². The molecule has 0 spiro atoms. The van der Waals surface area contributed by atoms with Crippen molar-refractivity contribution in [3.05, 3.63) is 78.0 Å². The van der Waals surface area contributed by atoms with E-state index < -0.39 is 48.4 Å². The normalized spacial score (nSPS) is 14.2. The number of amides is 4. The van der Waals surface area contributed by atoms with Gasteiger partial charge in [0.1, 0.15) is 11.7 Å². The topological polar surface area (TPSA) is 193 Å². The van der Waals surface area contributed by atoms with Gasteiger partial charge in [-0.1, -0.05) is 82.3 Å². The summed E-state index contributed by atoms with van der Waals surface area (Å²) in [6.45, 7) is 8.01. The second-order valence-corrected chi connectivity index (χ2v) is 12.0. The number of primary amides is 1. The van der Waals surface area contributed by atoms with E-state index in [0.717, 1.165) is 10.9 Å². The molecule has 242 valence electrons. The number of hydrogen-bond acceptors (Lipinski definition) is 8. The summed E-state index contributed by atoms with van der Waals surface area (Å²) in [5, 5.41) is 19.3. The van der Waals surface area contributed by atoms with Crippen LogP contribution in [0.2, 0.25) is 0 Å². The van der Waals surface area contributed by atoms with Crippen LogP contribution in [0.25, 0.3) is 10.9 Å². The first-order valence-electron chi connectivity index (χ1n) is 15.1. The number of nitrogens with zero attached hydrogens (tertiary/aromatic N) is 2. The van der Waals surface area contributed by atoms with Crippen LogP contribution < -0.4 is 27.5 Å². The molecule has 0 aliphatic heterocycles. The summed E-state index contributed by atoms with van der Waals surface area (Å²) in [7, 11) is 0. The zero-order valence-electron chi connectivity index (χ0n) is 26.3. The molecule has 0 aliphatic carbocycles. The monoisotopic (exact) mass is 619 g/mol. The number of fused-ring (bicyclic) bond motifs is 1. The van der Waals surface area contributed by atoms with Crippen LogP contribution in [0.1, 0.15) is 50.2 Å². The van der Waals surface area contributed by atoms with E-state index in [4.69, 9.17) is 11.5 Å². The Balaban J connectivity index is 1.82. The van der Waals surface area contributed by atoms with Crippen molar-refractivity contribution in [3.8, 4) is 0 Å². The molecular formula is C33H45N7O5. The number of para-hydroxylation sites is 1. The summed E-state index contributed by atoms with van der Waals surface area (Å²) in [5.74, 6) is -2.50. The van der Waals surface area contributed by atoms with Crippen molar-refractivity contribution < 1.29 is 24.3 Å². The lowest BCUT2D eigenvalue weighted by atomic mass is 9.99. The number of pyridine rings is 1. The summed E-state index contributed by atoms with van der Waals surface area (Å²) in [6.07, 6.45) is -1.41. The van der Waals surface area contributed by atoms with E-state index >= 15 is 0 Å². The molecule has 0 bridgehead atoms. The van der Waals surface area contributed by atoms with Crippen LogP contribution in [0.3, 0.4) is 0 Å². The summed E-state index contributed by atoms with van der Waals surface area (Å²) >= 11 is 0. The van der Waals surface area contributed by atoms with Crippen LogP contribution in [0, 0.1) is 11.8 Å². The second kappa shape index (κ2) is 16.6. The van der Waals surface area contributed by atoms with Gasteiger partial charge >= 0.3 is 0 Å². The Labute approximate surface area is 263 Å². The lowest BCUT2D eigenvalue weighted by Crippen LogP contribution is -2.58. The fourth-order valence-electron chi connectivity index (χ4n) is 4.76. The highest BCUT2D eigenvalue weighted by molar-refractivity contribution is 5.99. The SMILES string of the molecule is CC(C)CN(C[C@H](O)[C@H](Cc1ccccc1)NC(=O)[C@H](CC(N)=O)NC(=O)c1ccc2ccccc2n1)NC(=O)[C@@H](N)C(C)C.